The summed E-state index contributed by atoms with van der Waals surface area (Å²) in [5.41, 5.74) is 0. The molecule has 1 saturated heterocycles. The summed E-state index contributed by atoms with van der Waals surface area (Å²) in [5, 5.41) is 3.53. The first kappa shape index (κ1) is 12.9. The van der Waals surface area contributed by atoms with Crippen molar-refractivity contribution in [2.45, 2.75) is 52.4 Å². The first-order chi connectivity index (χ1) is 7.15. The van der Waals surface area contributed by atoms with E-state index in [9.17, 15) is 0 Å². The van der Waals surface area contributed by atoms with Gasteiger partial charge in [0.15, 0.2) is 0 Å². The van der Waals surface area contributed by atoms with Crippen LogP contribution in [0.1, 0.15) is 34.1 Å². The molecule has 3 nitrogen and oxygen atoms in total. The monoisotopic (exact) mass is 214 g/mol. The van der Waals surface area contributed by atoms with Gasteiger partial charge in [-0.05, 0) is 26.8 Å². The zero-order valence-electron chi connectivity index (χ0n) is 10.6. The van der Waals surface area contributed by atoms with Crippen molar-refractivity contribution in [3.05, 3.63) is 0 Å². The average Bonchev–Trinajstić information content (AvgIpc) is 2.15. The first-order valence-electron chi connectivity index (χ1n) is 6.26. The highest BCUT2D eigenvalue weighted by Crippen LogP contribution is 2.11. The van der Waals surface area contributed by atoms with Crippen molar-refractivity contribution in [3.63, 3.8) is 0 Å². The second-order valence-electron chi connectivity index (χ2n) is 4.64. The molecule has 0 bridgehead atoms. The molecule has 1 aliphatic heterocycles. The lowest BCUT2D eigenvalue weighted by Gasteiger charge is -2.37. The van der Waals surface area contributed by atoms with Crippen LogP contribution in [0.2, 0.25) is 0 Å². The number of hydrogen-bond acceptors (Lipinski definition) is 3. The predicted octanol–water partition coefficient (Wildman–Crippen LogP) is 1.48. The third-order valence-corrected chi connectivity index (χ3v) is 2.96. The van der Waals surface area contributed by atoms with Crippen LogP contribution < -0.4 is 5.32 Å². The SMILES string of the molecule is CCNC(CC)CN1CC(C)OC(C)C1. The van der Waals surface area contributed by atoms with E-state index in [1.165, 1.54) is 6.42 Å². The van der Waals surface area contributed by atoms with E-state index in [4.69, 9.17) is 4.74 Å². The quantitative estimate of drug-likeness (QED) is 0.750. The van der Waals surface area contributed by atoms with E-state index in [1.54, 1.807) is 0 Å². The van der Waals surface area contributed by atoms with Crippen molar-refractivity contribution in [1.82, 2.24) is 10.2 Å². The fourth-order valence-electron chi connectivity index (χ4n) is 2.37. The Labute approximate surface area is 94.2 Å². The molecule has 0 amide bonds. The first-order valence-corrected chi connectivity index (χ1v) is 6.26. The van der Waals surface area contributed by atoms with Gasteiger partial charge in [0.25, 0.3) is 0 Å². The van der Waals surface area contributed by atoms with Gasteiger partial charge in [-0.25, -0.2) is 0 Å². The topological polar surface area (TPSA) is 24.5 Å². The van der Waals surface area contributed by atoms with Gasteiger partial charge in [-0.2, -0.15) is 0 Å². The van der Waals surface area contributed by atoms with Crippen molar-refractivity contribution >= 4 is 0 Å². The summed E-state index contributed by atoms with van der Waals surface area (Å²) in [7, 11) is 0. The minimum absolute atomic E-state index is 0.382. The number of morpholine rings is 1. The zero-order chi connectivity index (χ0) is 11.3. The van der Waals surface area contributed by atoms with Crippen LogP contribution in [0, 0.1) is 0 Å². The van der Waals surface area contributed by atoms with Gasteiger partial charge < -0.3 is 10.1 Å². The summed E-state index contributed by atoms with van der Waals surface area (Å²) in [5.74, 6) is 0. The Morgan fingerprint density at radius 2 is 1.87 bits per heavy atom. The van der Waals surface area contributed by atoms with Gasteiger partial charge in [0.05, 0.1) is 12.2 Å². The van der Waals surface area contributed by atoms with Crippen molar-refractivity contribution in [2.24, 2.45) is 0 Å². The predicted molar refractivity (Wildman–Crippen MR) is 64.2 cm³/mol. The number of ether oxygens (including phenoxy) is 1. The minimum atomic E-state index is 0.382. The maximum atomic E-state index is 5.73. The molecule has 3 heteroatoms. The third-order valence-electron chi connectivity index (χ3n) is 2.96. The van der Waals surface area contributed by atoms with Crippen molar-refractivity contribution in [1.29, 1.82) is 0 Å². The van der Waals surface area contributed by atoms with Crippen molar-refractivity contribution in [3.8, 4) is 0 Å². The molecule has 1 fully saturated rings. The number of nitrogens with zero attached hydrogens (tertiary/aromatic N) is 1. The Morgan fingerprint density at radius 1 is 1.27 bits per heavy atom. The van der Waals surface area contributed by atoms with Crippen LogP contribution in [0.4, 0.5) is 0 Å². The lowest BCUT2D eigenvalue weighted by molar-refractivity contribution is -0.0698. The third kappa shape index (κ3) is 4.49. The molecule has 0 saturated carbocycles. The number of hydrogen-bond donors (Lipinski definition) is 1. The molecule has 0 aliphatic carbocycles. The maximum Gasteiger partial charge on any atom is 0.0678 e. The van der Waals surface area contributed by atoms with Crippen LogP contribution in [0.15, 0.2) is 0 Å². The minimum Gasteiger partial charge on any atom is -0.373 e. The van der Waals surface area contributed by atoms with Crippen molar-refractivity contribution < 1.29 is 4.74 Å². The Morgan fingerprint density at radius 3 is 2.33 bits per heavy atom. The summed E-state index contributed by atoms with van der Waals surface area (Å²) < 4.78 is 5.73. The van der Waals surface area contributed by atoms with E-state index in [0.29, 0.717) is 18.2 Å². The molecule has 0 aromatic heterocycles. The maximum absolute atomic E-state index is 5.73. The molecule has 15 heavy (non-hydrogen) atoms. The summed E-state index contributed by atoms with van der Waals surface area (Å²) in [6, 6.07) is 0.632. The van der Waals surface area contributed by atoms with E-state index in [0.717, 1.165) is 26.2 Å². The Hall–Kier alpha value is -0.120. The van der Waals surface area contributed by atoms with Gasteiger partial charge in [-0.3, -0.25) is 4.90 Å². The van der Waals surface area contributed by atoms with Crippen LogP contribution >= 0.6 is 0 Å². The van der Waals surface area contributed by atoms with E-state index >= 15 is 0 Å². The molecule has 1 heterocycles. The fourth-order valence-corrected chi connectivity index (χ4v) is 2.37. The normalized spacial score (nSPS) is 30.4. The number of rotatable bonds is 5. The molecule has 0 radical (unpaired) electrons. The molecule has 1 rings (SSSR count). The van der Waals surface area contributed by atoms with Crippen LogP contribution in [0.5, 0.6) is 0 Å². The van der Waals surface area contributed by atoms with Gasteiger partial charge in [0, 0.05) is 25.7 Å². The Kier molecular flexibility index (Phi) is 5.58. The largest absolute Gasteiger partial charge is 0.373 e. The number of nitrogens with one attached hydrogen (secondary N) is 1. The molecule has 1 aliphatic rings. The van der Waals surface area contributed by atoms with Crippen LogP contribution in [0.25, 0.3) is 0 Å². The highest BCUT2D eigenvalue weighted by Gasteiger charge is 2.23. The molecule has 90 valence electrons. The molecular weight excluding hydrogens is 188 g/mol. The zero-order valence-corrected chi connectivity index (χ0v) is 10.6. The molecule has 3 unspecified atom stereocenters. The Bertz CT molecular complexity index is 165. The fraction of sp³-hybridized carbons (Fsp3) is 1.00. The van der Waals surface area contributed by atoms with Crippen LogP contribution in [0.3, 0.4) is 0 Å². The summed E-state index contributed by atoms with van der Waals surface area (Å²) in [4.78, 5) is 2.52. The Balaban J connectivity index is 2.35. The molecular formula is C12H26N2O. The standard InChI is InChI=1S/C12H26N2O/c1-5-12(13-6-2)9-14-7-10(3)15-11(4)8-14/h10-13H,5-9H2,1-4H3. The smallest absolute Gasteiger partial charge is 0.0678 e. The second kappa shape index (κ2) is 6.46. The van der Waals surface area contributed by atoms with Gasteiger partial charge in [-0.1, -0.05) is 13.8 Å². The molecule has 0 aromatic rings. The van der Waals surface area contributed by atoms with Crippen molar-refractivity contribution in [2.75, 3.05) is 26.2 Å². The molecule has 1 N–H and O–H groups in total. The second-order valence-corrected chi connectivity index (χ2v) is 4.64. The van der Waals surface area contributed by atoms with Gasteiger partial charge in [0.1, 0.15) is 0 Å². The van der Waals surface area contributed by atoms with Gasteiger partial charge in [0.2, 0.25) is 0 Å². The molecule has 0 aromatic carbocycles. The number of likely N-dealkylation sites (N-methyl/N-ethyl adjacent to an activating group) is 1. The average molecular weight is 214 g/mol. The molecule has 3 atom stereocenters. The van der Waals surface area contributed by atoms with Crippen LogP contribution in [-0.2, 0) is 4.74 Å². The van der Waals surface area contributed by atoms with Gasteiger partial charge >= 0.3 is 0 Å². The highest BCUT2D eigenvalue weighted by atomic mass is 16.5. The summed E-state index contributed by atoms with van der Waals surface area (Å²) >= 11 is 0. The van der Waals surface area contributed by atoms with E-state index in [2.05, 4.69) is 37.9 Å². The summed E-state index contributed by atoms with van der Waals surface area (Å²) in [6.45, 7) is 13.1. The lowest BCUT2D eigenvalue weighted by Crippen LogP contribution is -2.50. The van der Waals surface area contributed by atoms with E-state index in [-0.39, 0.29) is 0 Å². The van der Waals surface area contributed by atoms with Crippen LogP contribution in [-0.4, -0.2) is 49.3 Å². The lowest BCUT2D eigenvalue weighted by atomic mass is 10.1. The molecule has 0 spiro atoms. The van der Waals surface area contributed by atoms with Gasteiger partial charge in [-0.15, -0.1) is 0 Å². The van der Waals surface area contributed by atoms with E-state index < -0.39 is 0 Å². The highest BCUT2D eigenvalue weighted by molar-refractivity contribution is 4.77. The summed E-state index contributed by atoms with van der Waals surface area (Å²) in [6.07, 6.45) is 1.97. The van der Waals surface area contributed by atoms with E-state index in [1.807, 2.05) is 0 Å².